The number of aromatic amines is 3. The van der Waals surface area contributed by atoms with Gasteiger partial charge in [0.1, 0.15) is 0 Å². The summed E-state index contributed by atoms with van der Waals surface area (Å²) in [5.41, 5.74) is 14.3. The molecule has 214 valence electrons. The van der Waals surface area contributed by atoms with Crippen molar-refractivity contribution in [1.82, 2.24) is 20.3 Å². The summed E-state index contributed by atoms with van der Waals surface area (Å²) < 4.78 is 0. The summed E-state index contributed by atoms with van der Waals surface area (Å²) in [5, 5.41) is 9.12. The summed E-state index contributed by atoms with van der Waals surface area (Å²) in [6, 6.07) is 0.477. The highest BCUT2D eigenvalue weighted by Crippen LogP contribution is 2.29. The van der Waals surface area contributed by atoms with E-state index in [9.17, 15) is 0 Å². The van der Waals surface area contributed by atoms with Gasteiger partial charge < -0.3 is 15.0 Å². The van der Waals surface area contributed by atoms with Gasteiger partial charge >= 0.3 is 0 Å². The molecule has 4 heteroatoms. The number of aromatic nitrogens is 3. The molecule has 2 aliphatic heterocycles. The molecule has 5 rings (SSSR count). The van der Waals surface area contributed by atoms with Crippen molar-refractivity contribution in [3.63, 3.8) is 0 Å². The van der Waals surface area contributed by atoms with Crippen molar-refractivity contribution in [1.29, 1.82) is 0 Å². The normalized spacial score (nSPS) is 18.4. The Morgan fingerprint density at radius 1 is 0.425 bits per heavy atom. The SMILES string of the molecule is CCC1=C(CC)C2C=c3[nH]c(c(CC)c3CC)=Cc3[nH]c(c(CC)c3CC)C=c3[nH]c(c(CC)c3CC)=CC1N2. The van der Waals surface area contributed by atoms with Gasteiger partial charge in [-0.15, -0.1) is 0 Å². The molecule has 0 saturated carbocycles. The molecule has 0 amide bonds. The van der Waals surface area contributed by atoms with Crippen LogP contribution in [0, 0.1) is 0 Å². The largest absolute Gasteiger partial charge is 0.355 e. The second-order valence-corrected chi connectivity index (χ2v) is 11.4. The molecule has 40 heavy (non-hydrogen) atoms. The van der Waals surface area contributed by atoms with Crippen LogP contribution < -0.4 is 26.7 Å². The van der Waals surface area contributed by atoms with Gasteiger partial charge in [0.05, 0.1) is 0 Å². The van der Waals surface area contributed by atoms with Crippen LogP contribution in [0.3, 0.4) is 0 Å². The second kappa shape index (κ2) is 11.9. The Bertz CT molecular complexity index is 1550. The van der Waals surface area contributed by atoms with Gasteiger partial charge in [-0.25, -0.2) is 0 Å². The zero-order valence-corrected chi connectivity index (χ0v) is 26.1. The van der Waals surface area contributed by atoms with Crippen LogP contribution in [0.4, 0.5) is 0 Å². The molecule has 2 unspecified atom stereocenters. The van der Waals surface area contributed by atoms with E-state index in [2.05, 4.69) is 100.0 Å². The fraction of sp³-hybridized carbons (Fsp3) is 0.500. The van der Waals surface area contributed by atoms with Gasteiger partial charge in [-0.05, 0) is 120 Å². The highest BCUT2D eigenvalue weighted by Gasteiger charge is 2.29. The molecule has 4 nitrogen and oxygen atoms in total. The summed E-state index contributed by atoms with van der Waals surface area (Å²) in [5.74, 6) is 0. The van der Waals surface area contributed by atoms with E-state index in [1.807, 2.05) is 0 Å². The first-order valence-electron chi connectivity index (χ1n) is 16.0. The third-order valence-corrected chi connectivity index (χ3v) is 9.50. The third kappa shape index (κ3) is 4.68. The minimum atomic E-state index is 0.238. The Morgan fingerprint density at radius 3 is 1.10 bits per heavy atom. The van der Waals surface area contributed by atoms with E-state index in [0.717, 1.165) is 51.4 Å². The Kier molecular flexibility index (Phi) is 8.47. The standard InChI is InChI=1S/C36H50N4/c1-9-21-22(10-2)30-18-32-25(13-5)26(14-6)34(39-32)20-36-28(16-8)27(15-7)35(40-36)19-33-24(12-4)23(11-3)31(38-33)17-29(21)37-30/h17-20,29-30,37-40H,9-16H2,1-8H3. The first-order chi connectivity index (χ1) is 19.5. The van der Waals surface area contributed by atoms with Crippen LogP contribution in [0.25, 0.3) is 24.3 Å². The topological polar surface area (TPSA) is 59.4 Å². The zero-order valence-electron chi connectivity index (χ0n) is 26.1. The third-order valence-electron chi connectivity index (χ3n) is 9.50. The lowest BCUT2D eigenvalue weighted by atomic mass is 9.96. The summed E-state index contributed by atoms with van der Waals surface area (Å²) in [6.07, 6.45) is 18.0. The van der Waals surface area contributed by atoms with Crippen molar-refractivity contribution in [2.45, 2.75) is 119 Å². The molecule has 5 heterocycles. The van der Waals surface area contributed by atoms with Crippen molar-refractivity contribution >= 4 is 24.3 Å². The monoisotopic (exact) mass is 538 g/mol. The zero-order chi connectivity index (χ0) is 28.6. The lowest BCUT2D eigenvalue weighted by Gasteiger charge is -2.12. The van der Waals surface area contributed by atoms with Crippen LogP contribution in [0.2, 0.25) is 0 Å². The average Bonchev–Trinajstić information content (AvgIpc) is 3.67. The molecule has 2 aliphatic rings. The maximum atomic E-state index is 4.04. The molecule has 2 atom stereocenters. The molecule has 0 radical (unpaired) electrons. The lowest BCUT2D eigenvalue weighted by molar-refractivity contribution is 0.701. The van der Waals surface area contributed by atoms with Crippen LogP contribution in [0.5, 0.6) is 0 Å². The molecular formula is C36H50N4. The number of H-pyrrole nitrogens is 3. The minimum Gasteiger partial charge on any atom is -0.355 e. The van der Waals surface area contributed by atoms with Crippen molar-refractivity contribution < 1.29 is 0 Å². The van der Waals surface area contributed by atoms with Gasteiger partial charge in [0.25, 0.3) is 0 Å². The van der Waals surface area contributed by atoms with Crippen LogP contribution in [0.1, 0.15) is 113 Å². The minimum absolute atomic E-state index is 0.238. The smallest absolute Gasteiger partial charge is 0.0498 e. The molecule has 4 N–H and O–H groups in total. The van der Waals surface area contributed by atoms with Gasteiger partial charge in [0.15, 0.2) is 0 Å². The molecule has 0 aromatic carbocycles. The number of nitrogens with one attached hydrogen (secondary N) is 4. The van der Waals surface area contributed by atoms with E-state index in [4.69, 9.17) is 0 Å². The number of rotatable bonds is 8. The summed E-state index contributed by atoms with van der Waals surface area (Å²) in [6.45, 7) is 18.4. The lowest BCUT2D eigenvalue weighted by Crippen LogP contribution is -2.33. The Balaban J connectivity index is 1.93. The van der Waals surface area contributed by atoms with Crippen molar-refractivity contribution in [2.75, 3.05) is 0 Å². The molecule has 0 fully saturated rings. The predicted molar refractivity (Wildman–Crippen MR) is 172 cm³/mol. The van der Waals surface area contributed by atoms with E-state index >= 15 is 0 Å². The van der Waals surface area contributed by atoms with Crippen LogP contribution >= 0.6 is 0 Å². The first kappa shape index (κ1) is 28.5. The Morgan fingerprint density at radius 2 is 0.775 bits per heavy atom. The molecule has 8 bridgehead atoms. The molecule has 0 saturated heterocycles. The summed E-state index contributed by atoms with van der Waals surface area (Å²) >= 11 is 0. The van der Waals surface area contributed by atoms with Crippen LogP contribution in [0.15, 0.2) is 11.1 Å². The van der Waals surface area contributed by atoms with Gasteiger partial charge in [0.2, 0.25) is 0 Å². The average molecular weight is 539 g/mol. The Labute approximate surface area is 240 Å². The number of fused-ring (bicyclic) bond motifs is 8. The van der Waals surface area contributed by atoms with E-state index in [-0.39, 0.29) is 12.1 Å². The Hall–Kier alpha value is -2.98. The fourth-order valence-electron chi connectivity index (χ4n) is 7.67. The molecule has 0 aliphatic carbocycles. The molecule has 0 spiro atoms. The first-order valence-corrected chi connectivity index (χ1v) is 16.0. The highest BCUT2D eigenvalue weighted by molar-refractivity contribution is 5.63. The van der Waals surface area contributed by atoms with Crippen molar-refractivity contribution in [2.24, 2.45) is 0 Å². The quantitative estimate of drug-likeness (QED) is 0.308. The number of hydrogen-bond donors (Lipinski definition) is 4. The molecule has 3 aromatic rings. The second-order valence-electron chi connectivity index (χ2n) is 11.4. The molecule has 3 aromatic heterocycles. The van der Waals surface area contributed by atoms with Gasteiger partial charge in [-0.2, -0.15) is 0 Å². The maximum Gasteiger partial charge on any atom is 0.0498 e. The van der Waals surface area contributed by atoms with E-state index < -0.39 is 0 Å². The van der Waals surface area contributed by atoms with E-state index in [0.29, 0.717) is 0 Å². The maximum absolute atomic E-state index is 4.04. The highest BCUT2D eigenvalue weighted by atomic mass is 15.0. The predicted octanol–water partition coefficient (Wildman–Crippen LogP) is 4.73. The molecular weight excluding hydrogens is 488 g/mol. The number of hydrogen-bond acceptors (Lipinski definition) is 1. The van der Waals surface area contributed by atoms with Gasteiger partial charge in [-0.1, -0.05) is 55.4 Å². The van der Waals surface area contributed by atoms with E-state index in [1.165, 1.54) is 66.2 Å². The van der Waals surface area contributed by atoms with Crippen molar-refractivity contribution in [3.8, 4) is 0 Å². The van der Waals surface area contributed by atoms with Crippen LogP contribution in [-0.2, 0) is 38.5 Å². The van der Waals surface area contributed by atoms with Crippen LogP contribution in [-0.4, -0.2) is 27.0 Å². The summed E-state index contributed by atoms with van der Waals surface area (Å²) in [4.78, 5) is 11.7. The van der Waals surface area contributed by atoms with Gasteiger partial charge in [-0.3, -0.25) is 5.32 Å². The fourth-order valence-corrected chi connectivity index (χ4v) is 7.67. The van der Waals surface area contributed by atoms with Gasteiger partial charge in [0, 0.05) is 44.9 Å². The van der Waals surface area contributed by atoms with E-state index in [1.54, 1.807) is 11.1 Å². The van der Waals surface area contributed by atoms with Crippen molar-refractivity contribution in [3.05, 3.63) is 77.3 Å². The summed E-state index contributed by atoms with van der Waals surface area (Å²) in [7, 11) is 0.